The van der Waals surface area contributed by atoms with Gasteiger partial charge in [-0.1, -0.05) is 0 Å². The fraction of sp³-hybridized carbons (Fsp3) is 0.458. The quantitative estimate of drug-likeness (QED) is 0.275. The molecule has 3 aromatic rings. The van der Waals surface area contributed by atoms with Crippen molar-refractivity contribution >= 4 is 21.7 Å². The van der Waals surface area contributed by atoms with Crippen molar-refractivity contribution in [3.05, 3.63) is 48.5 Å². The summed E-state index contributed by atoms with van der Waals surface area (Å²) < 4.78 is 45.1. The molecule has 36 heavy (non-hydrogen) atoms. The Morgan fingerprint density at radius 3 is 2.50 bits per heavy atom. The van der Waals surface area contributed by atoms with Crippen LogP contribution in [0, 0.1) is 0 Å². The molecule has 0 aliphatic rings. The van der Waals surface area contributed by atoms with E-state index >= 15 is 0 Å². The molecule has 0 aliphatic carbocycles. The van der Waals surface area contributed by atoms with E-state index in [2.05, 4.69) is 29.6 Å². The highest BCUT2D eigenvalue weighted by atomic mass is 32.2. The summed E-state index contributed by atoms with van der Waals surface area (Å²) in [5.41, 5.74) is 2.26. The zero-order valence-electron chi connectivity index (χ0n) is 20.9. The van der Waals surface area contributed by atoms with Crippen LogP contribution < -0.4 is 10.0 Å². The molecule has 11 nitrogen and oxygen atoms in total. The van der Waals surface area contributed by atoms with E-state index in [1.807, 2.05) is 19.2 Å². The van der Waals surface area contributed by atoms with Gasteiger partial charge < -0.3 is 24.1 Å². The third-order valence-electron chi connectivity index (χ3n) is 5.28. The summed E-state index contributed by atoms with van der Waals surface area (Å²) in [6, 6.07) is 8.24. The molecule has 0 fully saturated rings. The van der Waals surface area contributed by atoms with E-state index in [1.54, 1.807) is 32.5 Å². The third-order valence-corrected chi connectivity index (χ3v) is 6.76. The van der Waals surface area contributed by atoms with E-state index in [9.17, 15) is 8.42 Å². The van der Waals surface area contributed by atoms with Gasteiger partial charge in [0.05, 0.1) is 35.7 Å². The Hall–Kier alpha value is -2.90. The van der Waals surface area contributed by atoms with Gasteiger partial charge in [-0.05, 0) is 43.7 Å². The maximum absolute atomic E-state index is 12.4. The third kappa shape index (κ3) is 7.80. The monoisotopic (exact) mass is 518 g/mol. The SMILES string of the molecule is CCOCCNS(=O)(=O)c1ccc(Nc2nccc(-c3cnc(CCOC)n3CCCOC)n2)cc1. The fourth-order valence-corrected chi connectivity index (χ4v) is 4.52. The van der Waals surface area contributed by atoms with Crippen LogP contribution in [0.1, 0.15) is 19.2 Å². The summed E-state index contributed by atoms with van der Waals surface area (Å²) in [4.78, 5) is 13.7. The number of rotatable bonds is 16. The molecule has 0 amide bonds. The van der Waals surface area contributed by atoms with Gasteiger partial charge in [-0.25, -0.2) is 28.1 Å². The predicted molar refractivity (Wildman–Crippen MR) is 137 cm³/mol. The number of ether oxygens (including phenoxy) is 3. The minimum atomic E-state index is -3.61. The minimum Gasteiger partial charge on any atom is -0.385 e. The summed E-state index contributed by atoms with van der Waals surface area (Å²) in [5.74, 6) is 1.31. The Morgan fingerprint density at radius 2 is 1.78 bits per heavy atom. The lowest BCUT2D eigenvalue weighted by Crippen LogP contribution is -2.27. The number of anilines is 2. The summed E-state index contributed by atoms with van der Waals surface area (Å²) >= 11 is 0. The number of nitrogens with zero attached hydrogens (tertiary/aromatic N) is 4. The summed E-state index contributed by atoms with van der Waals surface area (Å²) in [5, 5.41) is 3.14. The Labute approximate surface area is 212 Å². The first-order valence-electron chi connectivity index (χ1n) is 11.8. The average molecular weight is 519 g/mol. The van der Waals surface area contributed by atoms with Gasteiger partial charge in [0.15, 0.2) is 0 Å². The van der Waals surface area contributed by atoms with Gasteiger partial charge in [-0.15, -0.1) is 0 Å². The van der Waals surface area contributed by atoms with Gasteiger partial charge in [0, 0.05) is 58.8 Å². The number of nitrogens with one attached hydrogen (secondary N) is 2. The zero-order chi connectivity index (χ0) is 25.8. The van der Waals surface area contributed by atoms with Crippen molar-refractivity contribution in [2.75, 3.05) is 52.5 Å². The van der Waals surface area contributed by atoms with Gasteiger partial charge in [0.25, 0.3) is 0 Å². The first-order chi connectivity index (χ1) is 17.5. The van der Waals surface area contributed by atoms with Gasteiger partial charge >= 0.3 is 0 Å². The average Bonchev–Trinajstić information content (AvgIpc) is 3.28. The molecule has 0 spiro atoms. The van der Waals surface area contributed by atoms with Crippen LogP contribution in [0.25, 0.3) is 11.4 Å². The van der Waals surface area contributed by atoms with E-state index in [0.717, 1.165) is 30.2 Å². The molecule has 196 valence electrons. The highest BCUT2D eigenvalue weighted by Crippen LogP contribution is 2.22. The van der Waals surface area contributed by atoms with Crippen molar-refractivity contribution in [3.8, 4) is 11.4 Å². The molecule has 0 aliphatic heterocycles. The normalized spacial score (nSPS) is 11.6. The minimum absolute atomic E-state index is 0.169. The van der Waals surface area contributed by atoms with Crippen molar-refractivity contribution in [2.45, 2.75) is 31.2 Å². The maximum atomic E-state index is 12.4. The highest BCUT2D eigenvalue weighted by molar-refractivity contribution is 7.89. The topological polar surface area (TPSA) is 129 Å². The molecule has 2 N–H and O–H groups in total. The van der Waals surface area contributed by atoms with E-state index < -0.39 is 10.0 Å². The summed E-state index contributed by atoms with van der Waals surface area (Å²) in [6.07, 6.45) is 5.01. The van der Waals surface area contributed by atoms with Crippen LogP contribution in [0.5, 0.6) is 0 Å². The van der Waals surface area contributed by atoms with E-state index in [0.29, 0.717) is 44.5 Å². The van der Waals surface area contributed by atoms with E-state index in [4.69, 9.17) is 14.2 Å². The molecule has 0 saturated heterocycles. The molecule has 0 saturated carbocycles. The van der Waals surface area contributed by atoms with Crippen molar-refractivity contribution in [2.24, 2.45) is 0 Å². The summed E-state index contributed by atoms with van der Waals surface area (Å²) in [6.45, 7) is 4.89. The molecule has 0 unspecified atom stereocenters. The van der Waals surface area contributed by atoms with Crippen molar-refractivity contribution < 1.29 is 22.6 Å². The molecule has 2 heterocycles. The van der Waals surface area contributed by atoms with Gasteiger partial charge in [0.2, 0.25) is 16.0 Å². The molecular formula is C24H34N6O5S. The Kier molecular flexibility index (Phi) is 10.8. The Balaban J connectivity index is 1.74. The first-order valence-corrected chi connectivity index (χ1v) is 13.3. The predicted octanol–water partition coefficient (Wildman–Crippen LogP) is 2.62. The highest BCUT2D eigenvalue weighted by Gasteiger charge is 2.15. The standard InChI is InChI=1S/C24H34N6O5S/c1-4-35-17-13-27-36(31,32)20-8-6-19(7-9-20)28-24-25-12-10-21(29-24)22-18-26-23(11-16-34-3)30(22)14-5-15-33-2/h6-10,12,18,27H,4-5,11,13-17H2,1-3H3,(H,25,28,29). The van der Waals surface area contributed by atoms with Crippen LogP contribution in [0.2, 0.25) is 0 Å². The number of hydrogen-bond acceptors (Lipinski definition) is 9. The van der Waals surface area contributed by atoms with Crippen molar-refractivity contribution in [3.63, 3.8) is 0 Å². The molecular weight excluding hydrogens is 484 g/mol. The molecule has 0 radical (unpaired) electrons. The number of hydrogen-bond donors (Lipinski definition) is 2. The molecule has 12 heteroatoms. The lowest BCUT2D eigenvalue weighted by molar-refractivity contribution is 0.153. The molecule has 0 bridgehead atoms. The second-order valence-corrected chi connectivity index (χ2v) is 9.58. The number of benzene rings is 1. The lowest BCUT2D eigenvalue weighted by Gasteiger charge is -2.12. The van der Waals surface area contributed by atoms with E-state index in [1.165, 1.54) is 12.1 Å². The second-order valence-electron chi connectivity index (χ2n) is 7.81. The van der Waals surface area contributed by atoms with Crippen LogP contribution in [-0.2, 0) is 37.2 Å². The van der Waals surface area contributed by atoms with Crippen LogP contribution in [0.3, 0.4) is 0 Å². The Bertz CT molecular complexity index is 1180. The largest absolute Gasteiger partial charge is 0.385 e. The van der Waals surface area contributed by atoms with Crippen LogP contribution in [-0.4, -0.2) is 75.1 Å². The molecule has 2 aromatic heterocycles. The molecule has 3 rings (SSSR count). The Morgan fingerprint density at radius 1 is 1.00 bits per heavy atom. The molecule has 0 atom stereocenters. The van der Waals surface area contributed by atoms with Gasteiger partial charge in [-0.2, -0.15) is 0 Å². The maximum Gasteiger partial charge on any atom is 0.240 e. The van der Waals surface area contributed by atoms with E-state index in [-0.39, 0.29) is 11.4 Å². The zero-order valence-corrected chi connectivity index (χ0v) is 21.8. The number of sulfonamides is 1. The van der Waals surface area contributed by atoms with Crippen LogP contribution >= 0.6 is 0 Å². The smallest absolute Gasteiger partial charge is 0.240 e. The number of methoxy groups -OCH3 is 2. The number of imidazole rings is 1. The van der Waals surface area contributed by atoms with Gasteiger partial charge in [-0.3, -0.25) is 0 Å². The number of aromatic nitrogens is 4. The summed E-state index contributed by atoms with van der Waals surface area (Å²) in [7, 11) is -0.255. The fourth-order valence-electron chi connectivity index (χ4n) is 3.51. The van der Waals surface area contributed by atoms with Crippen LogP contribution in [0.4, 0.5) is 11.6 Å². The van der Waals surface area contributed by atoms with Crippen molar-refractivity contribution in [1.82, 2.24) is 24.2 Å². The van der Waals surface area contributed by atoms with Gasteiger partial charge in [0.1, 0.15) is 5.82 Å². The van der Waals surface area contributed by atoms with Crippen LogP contribution in [0.15, 0.2) is 47.6 Å². The van der Waals surface area contributed by atoms with Crippen molar-refractivity contribution in [1.29, 1.82) is 0 Å². The molecule has 1 aromatic carbocycles. The second kappa shape index (κ2) is 14.0. The first kappa shape index (κ1) is 27.7. The lowest BCUT2D eigenvalue weighted by atomic mass is 10.3.